The molecule has 1 rings (SSSR count). The molecule has 0 heterocycles. The second-order valence-electron chi connectivity index (χ2n) is 5.45. The number of hydrogen-bond donors (Lipinski definition) is 1. The van der Waals surface area contributed by atoms with Crippen molar-refractivity contribution < 1.29 is 14.3 Å². The predicted molar refractivity (Wildman–Crippen MR) is 93.5 cm³/mol. The van der Waals surface area contributed by atoms with Gasteiger partial charge in [0.1, 0.15) is 5.75 Å². The SMILES string of the molecule is CCCCCCOC(=O)N[C@H](c1cccc(OC)c1)[C@H](C)P. The maximum atomic E-state index is 11.9. The Morgan fingerprint density at radius 3 is 2.73 bits per heavy atom. The maximum Gasteiger partial charge on any atom is 0.407 e. The van der Waals surface area contributed by atoms with Crippen molar-refractivity contribution in [1.82, 2.24) is 5.32 Å². The summed E-state index contributed by atoms with van der Waals surface area (Å²) in [6, 6.07) is 7.61. The number of amides is 1. The van der Waals surface area contributed by atoms with Crippen LogP contribution in [0.15, 0.2) is 24.3 Å². The summed E-state index contributed by atoms with van der Waals surface area (Å²) in [5, 5.41) is 2.94. The van der Waals surface area contributed by atoms with E-state index in [0.717, 1.165) is 24.2 Å². The Hall–Kier alpha value is -1.28. The molecule has 0 bridgehead atoms. The van der Waals surface area contributed by atoms with E-state index in [9.17, 15) is 4.79 Å². The zero-order valence-corrected chi connectivity index (χ0v) is 15.0. The second kappa shape index (κ2) is 10.4. The highest BCUT2D eigenvalue weighted by molar-refractivity contribution is 7.17. The Morgan fingerprint density at radius 2 is 2.09 bits per heavy atom. The van der Waals surface area contributed by atoms with E-state index in [0.29, 0.717) is 6.61 Å². The van der Waals surface area contributed by atoms with Gasteiger partial charge in [-0.25, -0.2) is 4.79 Å². The van der Waals surface area contributed by atoms with Gasteiger partial charge >= 0.3 is 6.09 Å². The lowest BCUT2D eigenvalue weighted by atomic mass is 10.0. The van der Waals surface area contributed by atoms with Gasteiger partial charge in [-0.15, -0.1) is 9.24 Å². The van der Waals surface area contributed by atoms with Crippen molar-refractivity contribution in [1.29, 1.82) is 0 Å². The molecule has 1 amide bonds. The number of carbonyl (C=O) groups excluding carboxylic acids is 1. The summed E-state index contributed by atoms with van der Waals surface area (Å²) in [7, 11) is 4.36. The molecule has 3 atom stereocenters. The van der Waals surface area contributed by atoms with Crippen LogP contribution in [0.2, 0.25) is 0 Å². The molecule has 0 aliphatic rings. The first-order chi connectivity index (χ1) is 10.6. The van der Waals surface area contributed by atoms with Crippen LogP contribution in [0.25, 0.3) is 0 Å². The first-order valence-electron chi connectivity index (χ1n) is 7.91. The van der Waals surface area contributed by atoms with Crippen LogP contribution in [0.5, 0.6) is 5.75 Å². The van der Waals surface area contributed by atoms with E-state index in [1.165, 1.54) is 12.8 Å². The van der Waals surface area contributed by atoms with Gasteiger partial charge in [0.15, 0.2) is 0 Å². The minimum absolute atomic E-state index is 0.122. The third-order valence-corrected chi connectivity index (χ3v) is 3.87. The van der Waals surface area contributed by atoms with Gasteiger partial charge in [-0.05, 0) is 29.8 Å². The van der Waals surface area contributed by atoms with Crippen molar-refractivity contribution in [2.75, 3.05) is 13.7 Å². The summed E-state index contributed by atoms with van der Waals surface area (Å²) >= 11 is 0. The van der Waals surface area contributed by atoms with Crippen LogP contribution in [-0.4, -0.2) is 25.5 Å². The highest BCUT2D eigenvalue weighted by atomic mass is 31.0. The van der Waals surface area contributed by atoms with Crippen molar-refractivity contribution in [2.24, 2.45) is 0 Å². The van der Waals surface area contributed by atoms with Crippen LogP contribution >= 0.6 is 9.24 Å². The summed E-state index contributed by atoms with van der Waals surface area (Å²) in [5.74, 6) is 0.780. The van der Waals surface area contributed by atoms with E-state index >= 15 is 0 Å². The van der Waals surface area contributed by atoms with Gasteiger partial charge in [-0.3, -0.25) is 0 Å². The van der Waals surface area contributed by atoms with Gasteiger partial charge in [-0.1, -0.05) is 45.2 Å². The van der Waals surface area contributed by atoms with Crippen molar-refractivity contribution in [3.8, 4) is 5.75 Å². The third kappa shape index (κ3) is 6.65. The molecule has 1 N–H and O–H groups in total. The van der Waals surface area contributed by atoms with Crippen LogP contribution < -0.4 is 10.1 Å². The van der Waals surface area contributed by atoms with Crippen molar-refractivity contribution in [3.63, 3.8) is 0 Å². The first kappa shape index (κ1) is 18.8. The lowest BCUT2D eigenvalue weighted by molar-refractivity contribution is 0.140. The van der Waals surface area contributed by atoms with Gasteiger partial charge in [0.2, 0.25) is 0 Å². The minimum atomic E-state index is -0.362. The Morgan fingerprint density at radius 1 is 1.32 bits per heavy atom. The van der Waals surface area contributed by atoms with Crippen LogP contribution in [0.1, 0.15) is 51.1 Å². The molecule has 0 saturated heterocycles. The second-order valence-corrected chi connectivity index (χ2v) is 6.51. The summed E-state index contributed by atoms with van der Waals surface area (Å²) in [4.78, 5) is 11.9. The summed E-state index contributed by atoms with van der Waals surface area (Å²) in [6.07, 6.45) is 4.01. The van der Waals surface area contributed by atoms with E-state index < -0.39 is 0 Å². The molecule has 5 heteroatoms. The maximum absolute atomic E-state index is 11.9. The Kier molecular flexibility index (Phi) is 8.91. The quantitative estimate of drug-likeness (QED) is 0.544. The molecule has 0 aliphatic carbocycles. The molecule has 0 radical (unpaired) electrons. The number of hydrogen-bond acceptors (Lipinski definition) is 3. The van der Waals surface area contributed by atoms with E-state index in [-0.39, 0.29) is 17.8 Å². The van der Waals surface area contributed by atoms with Gasteiger partial charge in [0.05, 0.1) is 19.8 Å². The van der Waals surface area contributed by atoms with Crippen LogP contribution in [0, 0.1) is 0 Å². The molecule has 124 valence electrons. The van der Waals surface area contributed by atoms with E-state index in [2.05, 4.69) is 21.5 Å². The van der Waals surface area contributed by atoms with Crippen molar-refractivity contribution in [3.05, 3.63) is 29.8 Å². The molecule has 4 nitrogen and oxygen atoms in total. The molecular formula is C17H28NO3P. The number of rotatable bonds is 9. The monoisotopic (exact) mass is 325 g/mol. The number of alkyl carbamates (subject to hydrolysis) is 1. The summed E-state index contributed by atoms with van der Waals surface area (Å²) in [5.41, 5.74) is 1.18. The number of ether oxygens (including phenoxy) is 2. The topological polar surface area (TPSA) is 47.6 Å². The van der Waals surface area contributed by atoms with Crippen molar-refractivity contribution >= 4 is 15.3 Å². The fourth-order valence-corrected chi connectivity index (χ4v) is 2.53. The number of methoxy groups -OCH3 is 1. The molecule has 0 fully saturated rings. The first-order valence-corrected chi connectivity index (χ1v) is 8.58. The molecule has 1 aromatic carbocycles. The van der Waals surface area contributed by atoms with Gasteiger partial charge in [0, 0.05) is 0 Å². The van der Waals surface area contributed by atoms with E-state index in [1.54, 1.807) is 7.11 Å². The molecule has 1 aromatic rings. The van der Waals surface area contributed by atoms with Crippen LogP contribution in [0.4, 0.5) is 4.79 Å². The Bertz CT molecular complexity index is 451. The molecule has 0 saturated carbocycles. The highest BCUT2D eigenvalue weighted by Gasteiger charge is 2.19. The fourth-order valence-electron chi connectivity index (χ4n) is 2.22. The van der Waals surface area contributed by atoms with Gasteiger partial charge in [0.25, 0.3) is 0 Å². The Labute approximate surface area is 136 Å². The minimum Gasteiger partial charge on any atom is -0.497 e. The molecule has 1 unspecified atom stereocenters. The highest BCUT2D eigenvalue weighted by Crippen LogP contribution is 2.25. The zero-order valence-electron chi connectivity index (χ0n) is 13.8. The van der Waals surface area contributed by atoms with Gasteiger partial charge in [-0.2, -0.15) is 0 Å². The molecular weight excluding hydrogens is 297 g/mol. The number of benzene rings is 1. The predicted octanol–water partition coefficient (Wildman–Crippen LogP) is 4.31. The van der Waals surface area contributed by atoms with E-state index in [1.807, 2.05) is 31.2 Å². The lowest BCUT2D eigenvalue weighted by Gasteiger charge is -2.23. The molecule has 0 aliphatic heterocycles. The number of nitrogens with one attached hydrogen (secondary N) is 1. The van der Waals surface area contributed by atoms with E-state index in [4.69, 9.17) is 9.47 Å². The standard InChI is InChI=1S/C17H28NO3P/c1-4-5-6-7-11-21-17(19)18-16(13(2)22)14-9-8-10-15(12-14)20-3/h8-10,12-13,16H,4-7,11,22H2,1-3H3,(H,18,19)/t13-,16-/m0/s1. The summed E-state index contributed by atoms with van der Waals surface area (Å²) < 4.78 is 10.5. The van der Waals surface area contributed by atoms with Crippen molar-refractivity contribution in [2.45, 2.75) is 51.2 Å². The zero-order chi connectivity index (χ0) is 16.4. The largest absolute Gasteiger partial charge is 0.497 e. The molecule has 22 heavy (non-hydrogen) atoms. The average Bonchev–Trinajstić information content (AvgIpc) is 2.52. The normalized spacial score (nSPS) is 13.3. The Balaban J connectivity index is 2.55. The average molecular weight is 325 g/mol. The smallest absolute Gasteiger partial charge is 0.407 e. The van der Waals surface area contributed by atoms with Gasteiger partial charge < -0.3 is 14.8 Å². The van der Waals surface area contributed by atoms with Crippen LogP contribution in [0.3, 0.4) is 0 Å². The molecule has 0 spiro atoms. The number of unbranched alkanes of at least 4 members (excludes halogenated alkanes) is 3. The lowest BCUT2D eigenvalue weighted by Crippen LogP contribution is -2.33. The van der Waals surface area contributed by atoms with Crippen LogP contribution in [-0.2, 0) is 4.74 Å². The fraction of sp³-hybridized carbons (Fsp3) is 0.588. The summed E-state index contributed by atoms with van der Waals surface area (Å²) in [6.45, 7) is 4.67. The third-order valence-electron chi connectivity index (χ3n) is 3.48. The molecule has 0 aromatic heterocycles. The number of carbonyl (C=O) groups is 1.